The van der Waals surface area contributed by atoms with Crippen LogP contribution in [-0.4, -0.2) is 15.0 Å². The van der Waals surface area contributed by atoms with Crippen LogP contribution in [0.25, 0.3) is 22.3 Å². The zero-order chi connectivity index (χ0) is 12.4. The molecule has 18 heavy (non-hydrogen) atoms. The number of rotatable bonds is 2. The number of halogens is 1. The van der Waals surface area contributed by atoms with E-state index in [0.29, 0.717) is 5.82 Å². The van der Waals surface area contributed by atoms with Crippen LogP contribution in [0, 0.1) is 0 Å². The smallest absolute Gasteiger partial charge is 0.160 e. The van der Waals surface area contributed by atoms with Gasteiger partial charge in [0.05, 0.1) is 11.2 Å². The maximum atomic E-state index is 4.47. The first-order valence-electron chi connectivity index (χ1n) is 5.60. The van der Waals surface area contributed by atoms with Crippen molar-refractivity contribution in [2.24, 2.45) is 0 Å². The molecule has 0 aliphatic heterocycles. The van der Waals surface area contributed by atoms with E-state index in [-0.39, 0.29) is 0 Å². The maximum absolute atomic E-state index is 4.47. The number of hydrogen-bond donors (Lipinski definition) is 0. The van der Waals surface area contributed by atoms with Crippen LogP contribution in [0.3, 0.4) is 0 Å². The second kappa shape index (κ2) is 4.82. The molecule has 2 aromatic heterocycles. The van der Waals surface area contributed by atoms with E-state index in [2.05, 4.69) is 36.9 Å². The van der Waals surface area contributed by atoms with Crippen LogP contribution < -0.4 is 0 Å². The average Bonchev–Trinajstić information content (AvgIpc) is 2.47. The molecule has 0 amide bonds. The van der Waals surface area contributed by atoms with Gasteiger partial charge in [0.2, 0.25) is 0 Å². The van der Waals surface area contributed by atoms with Gasteiger partial charge in [-0.25, -0.2) is 9.97 Å². The van der Waals surface area contributed by atoms with Gasteiger partial charge in [0, 0.05) is 28.7 Å². The van der Waals surface area contributed by atoms with E-state index < -0.39 is 0 Å². The number of alkyl halides is 1. The topological polar surface area (TPSA) is 38.7 Å². The fourth-order valence-electron chi connectivity index (χ4n) is 1.80. The molecule has 3 aromatic rings. The lowest BCUT2D eigenvalue weighted by molar-refractivity contribution is 1.10. The van der Waals surface area contributed by atoms with Gasteiger partial charge in [-0.1, -0.05) is 34.1 Å². The summed E-state index contributed by atoms with van der Waals surface area (Å²) in [5.41, 5.74) is 2.89. The number of aromatic nitrogens is 3. The lowest BCUT2D eigenvalue weighted by atomic mass is 10.1. The molecule has 3 nitrogen and oxygen atoms in total. The standard InChI is InChI=1S/C14H10BrN3/c15-8-12-5-6-16-14(18-12)11-7-10-3-1-2-4-13(10)17-9-11/h1-7,9H,8H2. The molecule has 0 bridgehead atoms. The van der Waals surface area contributed by atoms with E-state index in [1.54, 1.807) is 6.20 Å². The lowest BCUT2D eigenvalue weighted by Crippen LogP contribution is -1.93. The molecule has 0 saturated heterocycles. The van der Waals surface area contributed by atoms with Crippen LogP contribution in [0.15, 0.2) is 48.8 Å². The van der Waals surface area contributed by atoms with Crippen molar-refractivity contribution in [3.63, 3.8) is 0 Å². The first-order chi connectivity index (χ1) is 8.86. The van der Waals surface area contributed by atoms with Gasteiger partial charge in [-0.05, 0) is 18.2 Å². The molecule has 0 atom stereocenters. The minimum atomic E-state index is 0.713. The van der Waals surface area contributed by atoms with Gasteiger partial charge in [-0.3, -0.25) is 4.98 Å². The van der Waals surface area contributed by atoms with Gasteiger partial charge >= 0.3 is 0 Å². The molecule has 0 aliphatic carbocycles. The highest BCUT2D eigenvalue weighted by Gasteiger charge is 2.04. The van der Waals surface area contributed by atoms with Crippen LogP contribution in [0.2, 0.25) is 0 Å². The van der Waals surface area contributed by atoms with Crippen molar-refractivity contribution in [1.82, 2.24) is 15.0 Å². The minimum absolute atomic E-state index is 0.713. The summed E-state index contributed by atoms with van der Waals surface area (Å²) in [5.74, 6) is 0.713. The summed E-state index contributed by atoms with van der Waals surface area (Å²) in [4.78, 5) is 13.2. The van der Waals surface area contributed by atoms with Gasteiger partial charge in [0.1, 0.15) is 0 Å². The summed E-state index contributed by atoms with van der Waals surface area (Å²) in [5, 5.41) is 1.83. The zero-order valence-electron chi connectivity index (χ0n) is 9.55. The minimum Gasteiger partial charge on any atom is -0.255 e. The van der Waals surface area contributed by atoms with Gasteiger partial charge in [0.25, 0.3) is 0 Å². The van der Waals surface area contributed by atoms with E-state index in [1.807, 2.05) is 36.5 Å². The largest absolute Gasteiger partial charge is 0.255 e. The van der Waals surface area contributed by atoms with E-state index in [4.69, 9.17) is 0 Å². The molecule has 2 heterocycles. The van der Waals surface area contributed by atoms with Crippen molar-refractivity contribution in [3.05, 3.63) is 54.5 Å². The molecule has 1 aromatic carbocycles. The average molecular weight is 300 g/mol. The van der Waals surface area contributed by atoms with E-state index in [1.165, 1.54) is 0 Å². The molecule has 4 heteroatoms. The zero-order valence-corrected chi connectivity index (χ0v) is 11.1. The summed E-state index contributed by atoms with van der Waals surface area (Å²) >= 11 is 3.40. The summed E-state index contributed by atoms with van der Waals surface area (Å²) in [7, 11) is 0. The number of para-hydroxylation sites is 1. The number of fused-ring (bicyclic) bond motifs is 1. The first kappa shape index (κ1) is 11.3. The SMILES string of the molecule is BrCc1ccnc(-c2cnc3ccccc3c2)n1. The predicted octanol–water partition coefficient (Wildman–Crippen LogP) is 3.59. The summed E-state index contributed by atoms with van der Waals surface area (Å²) in [6.07, 6.45) is 3.59. The predicted molar refractivity (Wildman–Crippen MR) is 75.4 cm³/mol. The Morgan fingerprint density at radius 3 is 2.83 bits per heavy atom. The second-order valence-corrected chi connectivity index (χ2v) is 4.48. The molecule has 0 aliphatic rings. The Bertz CT molecular complexity index is 697. The van der Waals surface area contributed by atoms with E-state index in [9.17, 15) is 0 Å². The Labute approximate surface area is 113 Å². The van der Waals surface area contributed by atoms with Crippen LogP contribution in [0.1, 0.15) is 5.69 Å². The Balaban J connectivity index is 2.13. The van der Waals surface area contributed by atoms with Crippen molar-refractivity contribution in [1.29, 1.82) is 0 Å². The van der Waals surface area contributed by atoms with Crippen molar-refractivity contribution >= 4 is 26.8 Å². The lowest BCUT2D eigenvalue weighted by Gasteiger charge is -2.03. The fraction of sp³-hybridized carbons (Fsp3) is 0.0714. The van der Waals surface area contributed by atoms with Crippen molar-refractivity contribution in [3.8, 4) is 11.4 Å². The summed E-state index contributed by atoms with van der Waals surface area (Å²) in [6.45, 7) is 0. The molecule has 0 radical (unpaired) electrons. The first-order valence-corrected chi connectivity index (χ1v) is 6.72. The van der Waals surface area contributed by atoms with E-state index in [0.717, 1.165) is 27.5 Å². The normalized spacial score (nSPS) is 10.7. The second-order valence-electron chi connectivity index (χ2n) is 3.92. The highest BCUT2D eigenvalue weighted by atomic mass is 79.9. The Morgan fingerprint density at radius 1 is 1.06 bits per heavy atom. The number of pyridine rings is 1. The Hall–Kier alpha value is -1.81. The van der Waals surface area contributed by atoms with Gasteiger partial charge in [0.15, 0.2) is 5.82 Å². The van der Waals surface area contributed by atoms with Crippen molar-refractivity contribution in [2.45, 2.75) is 5.33 Å². The quantitative estimate of drug-likeness (QED) is 0.679. The molecule has 3 rings (SSSR count). The maximum Gasteiger partial charge on any atom is 0.160 e. The molecular formula is C14H10BrN3. The van der Waals surface area contributed by atoms with Gasteiger partial charge < -0.3 is 0 Å². The van der Waals surface area contributed by atoms with Crippen molar-refractivity contribution < 1.29 is 0 Å². The van der Waals surface area contributed by atoms with Crippen LogP contribution in [0.4, 0.5) is 0 Å². The third-order valence-corrected chi connectivity index (χ3v) is 3.27. The van der Waals surface area contributed by atoms with Gasteiger partial charge in [-0.2, -0.15) is 0 Å². The summed E-state index contributed by atoms with van der Waals surface area (Å²) < 4.78 is 0. The number of hydrogen-bond acceptors (Lipinski definition) is 3. The van der Waals surface area contributed by atoms with E-state index >= 15 is 0 Å². The third-order valence-electron chi connectivity index (χ3n) is 2.70. The van der Waals surface area contributed by atoms with Crippen LogP contribution >= 0.6 is 15.9 Å². The number of benzene rings is 1. The molecule has 0 unspecified atom stereocenters. The molecule has 0 fully saturated rings. The van der Waals surface area contributed by atoms with Gasteiger partial charge in [-0.15, -0.1) is 0 Å². The molecule has 88 valence electrons. The van der Waals surface area contributed by atoms with Crippen LogP contribution in [0.5, 0.6) is 0 Å². The third kappa shape index (κ3) is 2.11. The van der Waals surface area contributed by atoms with Crippen LogP contribution in [-0.2, 0) is 5.33 Å². The molecule has 0 saturated carbocycles. The Kier molecular flexibility index (Phi) is 3.02. The fourth-order valence-corrected chi connectivity index (χ4v) is 2.12. The molecule has 0 N–H and O–H groups in total. The molecular weight excluding hydrogens is 290 g/mol. The number of nitrogens with zero attached hydrogens (tertiary/aromatic N) is 3. The van der Waals surface area contributed by atoms with Crippen molar-refractivity contribution in [2.75, 3.05) is 0 Å². The highest BCUT2D eigenvalue weighted by Crippen LogP contribution is 2.19. The summed E-state index contributed by atoms with van der Waals surface area (Å²) in [6, 6.07) is 12.0. The highest BCUT2D eigenvalue weighted by molar-refractivity contribution is 9.08. The molecule has 0 spiro atoms. The Morgan fingerprint density at radius 2 is 1.94 bits per heavy atom. The monoisotopic (exact) mass is 299 g/mol.